The van der Waals surface area contributed by atoms with Gasteiger partial charge in [-0.2, -0.15) is 13.2 Å². The number of nitrogens with one attached hydrogen (secondary N) is 1. The third-order valence-corrected chi connectivity index (χ3v) is 5.27. The molecule has 27 heavy (non-hydrogen) atoms. The van der Waals surface area contributed by atoms with Gasteiger partial charge >= 0.3 is 12.2 Å². The van der Waals surface area contributed by atoms with Gasteiger partial charge in [-0.05, 0) is 31.2 Å². The molecule has 5 nitrogen and oxygen atoms in total. The molecule has 0 atom stereocenters. The van der Waals surface area contributed by atoms with Crippen LogP contribution in [0.3, 0.4) is 0 Å². The lowest BCUT2D eigenvalue weighted by Crippen LogP contribution is -2.51. The minimum absolute atomic E-state index is 0.0874. The molecular weight excluding hydrogens is 379 g/mol. The molecule has 1 N–H and O–H groups in total. The highest BCUT2D eigenvalue weighted by atomic mass is 32.1. The highest BCUT2D eigenvalue weighted by Crippen LogP contribution is 2.34. The van der Waals surface area contributed by atoms with Crippen LogP contribution in [0.1, 0.15) is 20.1 Å². The fourth-order valence-electron chi connectivity index (χ4n) is 2.85. The number of anilines is 1. The number of rotatable bonds is 2. The molecule has 3 rings (SSSR count). The number of thiophene rings is 1. The number of carbonyl (C=O) groups excluding carboxylic acids is 2. The van der Waals surface area contributed by atoms with Crippen LogP contribution < -0.4 is 5.32 Å². The lowest BCUT2D eigenvalue weighted by atomic mass is 10.1. The van der Waals surface area contributed by atoms with Gasteiger partial charge in [-0.15, -0.1) is 11.3 Å². The van der Waals surface area contributed by atoms with E-state index in [4.69, 9.17) is 0 Å². The molecular formula is C18H18F3N3O2S. The second-order valence-electron chi connectivity index (χ2n) is 6.16. The Morgan fingerprint density at radius 2 is 1.63 bits per heavy atom. The minimum atomic E-state index is -4.55. The first-order valence-electron chi connectivity index (χ1n) is 8.33. The van der Waals surface area contributed by atoms with Gasteiger partial charge in [0.2, 0.25) is 0 Å². The smallest absolute Gasteiger partial charge is 0.334 e. The fraction of sp³-hybridized carbons (Fsp3) is 0.333. The highest BCUT2D eigenvalue weighted by molar-refractivity contribution is 7.13. The number of halogens is 3. The Kier molecular flexibility index (Phi) is 5.41. The Hall–Kier alpha value is -2.55. The first-order valence-corrected chi connectivity index (χ1v) is 9.15. The molecule has 1 aliphatic rings. The molecule has 0 aliphatic carbocycles. The Bertz CT molecular complexity index is 842. The molecule has 9 heteroatoms. The van der Waals surface area contributed by atoms with Gasteiger partial charge in [0.1, 0.15) is 0 Å². The zero-order valence-corrected chi connectivity index (χ0v) is 15.4. The van der Waals surface area contributed by atoms with Gasteiger partial charge in [0.15, 0.2) is 0 Å². The minimum Gasteiger partial charge on any atom is -0.334 e. The summed E-state index contributed by atoms with van der Waals surface area (Å²) in [6.45, 7) is 3.11. The number of amides is 3. The Morgan fingerprint density at radius 3 is 2.22 bits per heavy atom. The van der Waals surface area contributed by atoms with Crippen LogP contribution in [0.5, 0.6) is 0 Å². The maximum absolute atomic E-state index is 13.0. The van der Waals surface area contributed by atoms with Crippen LogP contribution in [-0.4, -0.2) is 47.9 Å². The number of hydrogen-bond acceptors (Lipinski definition) is 3. The first-order chi connectivity index (χ1) is 12.8. The summed E-state index contributed by atoms with van der Waals surface area (Å²) < 4.78 is 39.1. The van der Waals surface area contributed by atoms with E-state index in [1.54, 1.807) is 11.0 Å². The molecule has 3 amide bonds. The number of benzene rings is 1. The van der Waals surface area contributed by atoms with Crippen molar-refractivity contribution in [2.45, 2.75) is 13.1 Å². The monoisotopic (exact) mass is 397 g/mol. The van der Waals surface area contributed by atoms with Crippen LogP contribution in [0.2, 0.25) is 0 Å². The van der Waals surface area contributed by atoms with Gasteiger partial charge in [0, 0.05) is 31.1 Å². The van der Waals surface area contributed by atoms with Crippen molar-refractivity contribution >= 4 is 29.0 Å². The Balaban J connectivity index is 1.60. The standard InChI is InChI=1S/C18H18F3N3O2S/c1-12-6-7-15(27-12)16(25)23-8-10-24(11-9-23)17(26)22-14-5-3-2-4-13(14)18(19,20)21/h2-7H,8-11H2,1H3,(H,22,26). The SMILES string of the molecule is Cc1ccc(C(=O)N2CCN(C(=O)Nc3ccccc3C(F)(F)F)CC2)s1. The number of piperazine rings is 1. The molecule has 0 spiro atoms. The number of hydrogen-bond donors (Lipinski definition) is 1. The summed E-state index contributed by atoms with van der Waals surface area (Å²) in [7, 11) is 0. The summed E-state index contributed by atoms with van der Waals surface area (Å²) in [5, 5.41) is 2.33. The van der Waals surface area contributed by atoms with E-state index in [1.165, 1.54) is 34.4 Å². The Morgan fingerprint density at radius 1 is 1.00 bits per heavy atom. The van der Waals surface area contributed by atoms with Gasteiger partial charge in [-0.25, -0.2) is 4.79 Å². The van der Waals surface area contributed by atoms with Crippen molar-refractivity contribution in [3.8, 4) is 0 Å². The topological polar surface area (TPSA) is 52.7 Å². The average Bonchev–Trinajstić information content (AvgIpc) is 3.07. The van der Waals surface area contributed by atoms with Gasteiger partial charge in [-0.3, -0.25) is 4.79 Å². The van der Waals surface area contributed by atoms with Gasteiger partial charge < -0.3 is 15.1 Å². The number of para-hydroxylation sites is 1. The summed E-state index contributed by atoms with van der Waals surface area (Å²) in [5.74, 6) is -0.0874. The van der Waals surface area contributed by atoms with Gasteiger partial charge in [0.05, 0.1) is 16.1 Å². The van der Waals surface area contributed by atoms with Crippen molar-refractivity contribution in [3.05, 3.63) is 51.7 Å². The Labute approximate surface area is 158 Å². The molecule has 0 radical (unpaired) electrons. The lowest BCUT2D eigenvalue weighted by molar-refractivity contribution is -0.136. The maximum Gasteiger partial charge on any atom is 0.418 e. The normalized spacial score (nSPS) is 15.0. The van der Waals surface area contributed by atoms with Crippen LogP contribution in [0.25, 0.3) is 0 Å². The van der Waals surface area contributed by atoms with Crippen LogP contribution in [-0.2, 0) is 6.18 Å². The van der Waals surface area contributed by atoms with Gasteiger partial charge in [-0.1, -0.05) is 12.1 Å². The number of aryl methyl sites for hydroxylation is 1. The molecule has 2 aromatic rings. The van der Waals surface area contributed by atoms with E-state index in [2.05, 4.69) is 5.32 Å². The summed E-state index contributed by atoms with van der Waals surface area (Å²) >= 11 is 1.41. The van der Waals surface area contributed by atoms with Crippen molar-refractivity contribution in [2.24, 2.45) is 0 Å². The second-order valence-corrected chi connectivity index (χ2v) is 7.45. The third kappa shape index (κ3) is 4.41. The van der Waals surface area contributed by atoms with E-state index in [1.807, 2.05) is 13.0 Å². The van der Waals surface area contributed by atoms with Crippen molar-refractivity contribution in [1.29, 1.82) is 0 Å². The van der Waals surface area contributed by atoms with Crippen LogP contribution >= 0.6 is 11.3 Å². The molecule has 1 fully saturated rings. The molecule has 0 bridgehead atoms. The zero-order valence-electron chi connectivity index (χ0n) is 14.5. The van der Waals surface area contributed by atoms with E-state index in [0.29, 0.717) is 18.0 Å². The summed E-state index contributed by atoms with van der Waals surface area (Å²) in [4.78, 5) is 29.5. The quantitative estimate of drug-likeness (QED) is 0.831. The van der Waals surface area contributed by atoms with E-state index in [-0.39, 0.29) is 24.7 Å². The lowest BCUT2D eigenvalue weighted by Gasteiger charge is -2.34. The summed E-state index contributed by atoms with van der Waals surface area (Å²) in [6, 6.07) is 7.90. The fourth-order valence-corrected chi connectivity index (χ4v) is 3.69. The molecule has 1 aliphatic heterocycles. The highest BCUT2D eigenvalue weighted by Gasteiger charge is 2.34. The van der Waals surface area contributed by atoms with E-state index in [9.17, 15) is 22.8 Å². The maximum atomic E-state index is 13.0. The third-order valence-electron chi connectivity index (χ3n) is 4.28. The van der Waals surface area contributed by atoms with Crippen molar-refractivity contribution < 1.29 is 22.8 Å². The zero-order chi connectivity index (χ0) is 19.6. The van der Waals surface area contributed by atoms with Crippen molar-refractivity contribution in [1.82, 2.24) is 9.80 Å². The van der Waals surface area contributed by atoms with Crippen LogP contribution in [0, 0.1) is 6.92 Å². The summed E-state index contributed by atoms with van der Waals surface area (Å²) in [5.41, 5.74) is -1.16. The molecule has 2 heterocycles. The van der Waals surface area contributed by atoms with E-state index in [0.717, 1.165) is 10.9 Å². The predicted octanol–water partition coefficient (Wildman–Crippen LogP) is 4.07. The van der Waals surface area contributed by atoms with E-state index >= 15 is 0 Å². The van der Waals surface area contributed by atoms with Crippen molar-refractivity contribution in [2.75, 3.05) is 31.5 Å². The molecule has 1 aromatic heterocycles. The predicted molar refractivity (Wildman–Crippen MR) is 97.0 cm³/mol. The first kappa shape index (κ1) is 19.2. The van der Waals surface area contributed by atoms with E-state index < -0.39 is 17.8 Å². The largest absolute Gasteiger partial charge is 0.418 e. The molecule has 1 aromatic carbocycles. The number of alkyl halides is 3. The molecule has 0 saturated carbocycles. The number of carbonyl (C=O) groups is 2. The molecule has 0 unspecified atom stereocenters. The number of nitrogens with zero attached hydrogens (tertiary/aromatic N) is 2. The molecule has 144 valence electrons. The second kappa shape index (κ2) is 7.59. The number of urea groups is 1. The average molecular weight is 397 g/mol. The molecule has 1 saturated heterocycles. The summed E-state index contributed by atoms with van der Waals surface area (Å²) in [6.07, 6.45) is -4.55. The van der Waals surface area contributed by atoms with Crippen LogP contribution in [0.15, 0.2) is 36.4 Å². The van der Waals surface area contributed by atoms with Gasteiger partial charge in [0.25, 0.3) is 5.91 Å². The van der Waals surface area contributed by atoms with Crippen LogP contribution in [0.4, 0.5) is 23.7 Å². The van der Waals surface area contributed by atoms with Crippen molar-refractivity contribution in [3.63, 3.8) is 0 Å².